The zero-order valence-corrected chi connectivity index (χ0v) is 13.6. The first-order valence-corrected chi connectivity index (χ1v) is 9.58. The lowest BCUT2D eigenvalue weighted by molar-refractivity contribution is 0.488. The standard InChI is InChI=1S/C12H22N4O2S2/c1-15(7-8-19-2)20(17,18)12-9-14-16(10-12)6-5-13-11-3-4-11/h9-11,13H,3-8H2,1-2H3. The maximum Gasteiger partial charge on any atom is 0.245 e. The molecule has 1 fully saturated rings. The van der Waals surface area contributed by atoms with E-state index in [4.69, 9.17) is 0 Å². The average Bonchev–Trinajstić information content (AvgIpc) is 3.11. The summed E-state index contributed by atoms with van der Waals surface area (Å²) in [5.74, 6) is 0.787. The molecule has 0 aromatic carbocycles. The van der Waals surface area contributed by atoms with Gasteiger partial charge in [-0.2, -0.15) is 16.9 Å². The van der Waals surface area contributed by atoms with Crippen LogP contribution in [0, 0.1) is 0 Å². The molecule has 1 aromatic heterocycles. The summed E-state index contributed by atoms with van der Waals surface area (Å²) in [7, 11) is -1.79. The smallest absolute Gasteiger partial charge is 0.245 e. The fourth-order valence-corrected chi connectivity index (χ4v) is 3.49. The minimum atomic E-state index is -3.40. The molecule has 0 unspecified atom stereocenters. The van der Waals surface area contributed by atoms with Crippen molar-refractivity contribution in [3.05, 3.63) is 12.4 Å². The van der Waals surface area contributed by atoms with Gasteiger partial charge in [0.15, 0.2) is 0 Å². The number of thioether (sulfide) groups is 1. The second-order valence-corrected chi connectivity index (χ2v) is 8.02. The maximum absolute atomic E-state index is 12.3. The van der Waals surface area contributed by atoms with Gasteiger partial charge in [-0.3, -0.25) is 4.68 Å². The van der Waals surface area contributed by atoms with Gasteiger partial charge in [0.25, 0.3) is 0 Å². The Labute approximate surface area is 125 Å². The van der Waals surface area contributed by atoms with Crippen LogP contribution in [0.1, 0.15) is 12.8 Å². The molecular weight excluding hydrogens is 296 g/mol. The van der Waals surface area contributed by atoms with Crippen LogP contribution in [-0.4, -0.2) is 60.7 Å². The third kappa shape index (κ3) is 4.21. The first-order chi connectivity index (χ1) is 9.54. The van der Waals surface area contributed by atoms with E-state index in [9.17, 15) is 8.42 Å². The van der Waals surface area contributed by atoms with E-state index in [0.717, 1.165) is 12.3 Å². The van der Waals surface area contributed by atoms with Gasteiger partial charge in [0.1, 0.15) is 4.90 Å². The summed E-state index contributed by atoms with van der Waals surface area (Å²) in [5, 5.41) is 7.51. The van der Waals surface area contributed by atoms with Crippen molar-refractivity contribution in [3.63, 3.8) is 0 Å². The Bertz CT molecular complexity index is 525. The average molecular weight is 318 g/mol. The van der Waals surface area contributed by atoms with Crippen molar-refractivity contribution in [2.24, 2.45) is 0 Å². The summed E-state index contributed by atoms with van der Waals surface area (Å²) in [6, 6.07) is 0.659. The molecule has 1 aliphatic carbocycles. The molecule has 1 aromatic rings. The van der Waals surface area contributed by atoms with Crippen molar-refractivity contribution in [2.45, 2.75) is 30.3 Å². The maximum atomic E-state index is 12.3. The van der Waals surface area contributed by atoms with Gasteiger partial charge in [0.05, 0.1) is 12.7 Å². The molecule has 1 saturated carbocycles. The molecule has 20 heavy (non-hydrogen) atoms. The molecule has 8 heteroatoms. The minimum absolute atomic E-state index is 0.271. The van der Waals surface area contributed by atoms with Gasteiger partial charge in [0.2, 0.25) is 10.0 Å². The number of hydrogen-bond acceptors (Lipinski definition) is 5. The lowest BCUT2D eigenvalue weighted by Gasteiger charge is -2.14. The molecule has 1 aliphatic rings. The summed E-state index contributed by atoms with van der Waals surface area (Å²) in [5.41, 5.74) is 0. The van der Waals surface area contributed by atoms with E-state index in [-0.39, 0.29) is 4.90 Å². The van der Waals surface area contributed by atoms with Gasteiger partial charge in [-0.05, 0) is 19.1 Å². The van der Waals surface area contributed by atoms with Crippen LogP contribution >= 0.6 is 11.8 Å². The molecule has 2 rings (SSSR count). The second kappa shape index (κ2) is 6.93. The van der Waals surface area contributed by atoms with Gasteiger partial charge >= 0.3 is 0 Å². The van der Waals surface area contributed by atoms with E-state index in [1.165, 1.54) is 23.3 Å². The predicted molar refractivity (Wildman–Crippen MR) is 81.4 cm³/mol. The van der Waals surface area contributed by atoms with Gasteiger partial charge in [0, 0.05) is 38.1 Å². The number of aromatic nitrogens is 2. The highest BCUT2D eigenvalue weighted by Gasteiger charge is 2.22. The molecule has 1 heterocycles. The van der Waals surface area contributed by atoms with Crippen molar-refractivity contribution in [1.82, 2.24) is 19.4 Å². The number of sulfonamides is 1. The van der Waals surface area contributed by atoms with E-state index >= 15 is 0 Å². The molecule has 0 bridgehead atoms. The molecule has 1 N–H and O–H groups in total. The fourth-order valence-electron chi connectivity index (χ4n) is 1.79. The number of rotatable bonds is 9. The van der Waals surface area contributed by atoms with Crippen LogP contribution in [-0.2, 0) is 16.6 Å². The van der Waals surface area contributed by atoms with Crippen molar-refractivity contribution in [1.29, 1.82) is 0 Å². The van der Waals surface area contributed by atoms with Gasteiger partial charge < -0.3 is 5.32 Å². The van der Waals surface area contributed by atoms with E-state index in [0.29, 0.717) is 19.1 Å². The molecular formula is C12H22N4O2S2. The largest absolute Gasteiger partial charge is 0.312 e. The molecule has 0 aliphatic heterocycles. The van der Waals surface area contributed by atoms with Gasteiger partial charge in [-0.1, -0.05) is 0 Å². The first-order valence-electron chi connectivity index (χ1n) is 6.75. The molecule has 0 atom stereocenters. The summed E-state index contributed by atoms with van der Waals surface area (Å²) in [6.07, 6.45) is 7.50. The summed E-state index contributed by atoms with van der Waals surface area (Å²) >= 11 is 1.63. The normalized spacial score (nSPS) is 15.9. The minimum Gasteiger partial charge on any atom is -0.312 e. The van der Waals surface area contributed by atoms with Gasteiger partial charge in [-0.25, -0.2) is 12.7 Å². The Morgan fingerprint density at radius 3 is 2.95 bits per heavy atom. The number of hydrogen-bond donors (Lipinski definition) is 1. The number of nitrogens with one attached hydrogen (secondary N) is 1. The lowest BCUT2D eigenvalue weighted by Crippen LogP contribution is -2.28. The zero-order chi connectivity index (χ0) is 14.6. The van der Waals surface area contributed by atoms with Crippen molar-refractivity contribution >= 4 is 21.8 Å². The molecule has 0 amide bonds. The third-order valence-corrected chi connectivity index (χ3v) is 5.68. The van der Waals surface area contributed by atoms with Gasteiger partial charge in [-0.15, -0.1) is 0 Å². The van der Waals surface area contributed by atoms with Crippen LogP contribution < -0.4 is 5.32 Å². The van der Waals surface area contributed by atoms with Crippen LogP contribution in [0.3, 0.4) is 0 Å². The second-order valence-electron chi connectivity index (χ2n) is 4.99. The fraction of sp³-hybridized carbons (Fsp3) is 0.750. The van der Waals surface area contributed by atoms with E-state index in [2.05, 4.69) is 10.4 Å². The molecule has 0 radical (unpaired) electrons. The molecule has 114 valence electrons. The Morgan fingerprint density at radius 2 is 2.30 bits per heavy atom. The molecule has 6 nitrogen and oxygen atoms in total. The molecule has 0 spiro atoms. The quantitative estimate of drug-likeness (QED) is 0.723. The summed E-state index contributed by atoms with van der Waals surface area (Å²) in [6.45, 7) is 2.03. The highest BCUT2D eigenvalue weighted by Crippen LogP contribution is 2.18. The number of nitrogens with zero attached hydrogens (tertiary/aromatic N) is 3. The molecule has 0 saturated heterocycles. The van der Waals surface area contributed by atoms with Crippen molar-refractivity contribution < 1.29 is 8.42 Å². The summed E-state index contributed by atoms with van der Waals surface area (Å²) < 4.78 is 27.6. The van der Waals surface area contributed by atoms with Crippen LogP contribution in [0.2, 0.25) is 0 Å². The van der Waals surface area contributed by atoms with Crippen LogP contribution in [0.4, 0.5) is 0 Å². The van der Waals surface area contributed by atoms with E-state index in [1.807, 2.05) is 6.26 Å². The van der Waals surface area contributed by atoms with E-state index in [1.54, 1.807) is 29.7 Å². The van der Waals surface area contributed by atoms with E-state index < -0.39 is 10.0 Å². The van der Waals surface area contributed by atoms with Crippen molar-refractivity contribution in [2.75, 3.05) is 32.1 Å². The Kier molecular flexibility index (Phi) is 5.48. The Morgan fingerprint density at radius 1 is 1.55 bits per heavy atom. The topological polar surface area (TPSA) is 67.2 Å². The van der Waals surface area contributed by atoms with Crippen LogP contribution in [0.15, 0.2) is 17.3 Å². The van der Waals surface area contributed by atoms with Crippen LogP contribution in [0.5, 0.6) is 0 Å². The first kappa shape index (κ1) is 15.8. The zero-order valence-electron chi connectivity index (χ0n) is 11.9. The van der Waals surface area contributed by atoms with Crippen LogP contribution in [0.25, 0.3) is 0 Å². The summed E-state index contributed by atoms with van der Waals surface area (Å²) in [4.78, 5) is 0.271. The monoisotopic (exact) mass is 318 g/mol. The highest BCUT2D eigenvalue weighted by atomic mass is 32.2. The highest BCUT2D eigenvalue weighted by molar-refractivity contribution is 7.98. The van der Waals surface area contributed by atoms with Crippen molar-refractivity contribution in [3.8, 4) is 0 Å². The Hall–Kier alpha value is -0.570. The SMILES string of the molecule is CSCCN(C)S(=O)(=O)c1cnn(CCNC2CC2)c1. The predicted octanol–water partition coefficient (Wildman–Crippen LogP) is 0.619. The third-order valence-electron chi connectivity index (χ3n) is 3.28. The Balaban J connectivity index is 1.91. The lowest BCUT2D eigenvalue weighted by atomic mass is 10.6.